The molecule has 3 nitrogen and oxygen atoms in total. The molecule has 3 rings (SSSR count). The first kappa shape index (κ1) is 19.8. The van der Waals surface area contributed by atoms with Crippen molar-refractivity contribution in [3.63, 3.8) is 0 Å². The predicted octanol–water partition coefficient (Wildman–Crippen LogP) is 2.71. The zero-order valence-corrected chi connectivity index (χ0v) is 17.3. The maximum Gasteiger partial charge on any atom is 0.262 e. The predicted molar refractivity (Wildman–Crippen MR) is 112 cm³/mol. The van der Waals surface area contributed by atoms with Crippen LogP contribution in [0.15, 0.2) is 60.7 Å². The first-order chi connectivity index (χ1) is 12.9. The third-order valence-corrected chi connectivity index (χ3v) is 10.2. The maximum atomic E-state index is 10.3. The Morgan fingerprint density at radius 2 is 1.59 bits per heavy atom. The molecule has 1 aliphatic heterocycles. The summed E-state index contributed by atoms with van der Waals surface area (Å²) < 4.78 is 12.1. The summed E-state index contributed by atoms with van der Waals surface area (Å²) in [4.78, 5) is 0. The molecule has 1 aliphatic rings. The molecule has 1 heterocycles. The summed E-state index contributed by atoms with van der Waals surface area (Å²) in [6.45, 7) is 7.24. The van der Waals surface area contributed by atoms with Gasteiger partial charge in [-0.1, -0.05) is 87.4 Å². The fraction of sp³-hybridized carbons (Fsp3) is 0.391. The summed E-state index contributed by atoms with van der Waals surface area (Å²) in [5.41, 5.74) is 0. The Morgan fingerprint density at radius 3 is 1.96 bits per heavy atom. The van der Waals surface area contributed by atoms with Crippen LogP contribution >= 0.6 is 0 Å². The normalized spacial score (nSPS) is 19.1. The number of hydrogen-bond donors (Lipinski definition) is 1. The molecule has 2 aromatic carbocycles. The highest BCUT2D eigenvalue weighted by Gasteiger charge is 2.51. The first-order valence-electron chi connectivity index (χ1n) is 9.43. The van der Waals surface area contributed by atoms with E-state index in [2.05, 4.69) is 51.0 Å². The molecule has 3 atom stereocenters. The van der Waals surface area contributed by atoms with Gasteiger partial charge in [-0.05, 0) is 15.4 Å². The lowest BCUT2D eigenvalue weighted by atomic mass is 10.1. The second-order valence-corrected chi connectivity index (χ2v) is 12.4. The zero-order valence-electron chi connectivity index (χ0n) is 16.3. The topological polar surface area (TPSA) is 42.0 Å². The molecule has 0 aromatic heterocycles. The number of aliphatic hydroxyl groups excluding tert-OH is 1. The molecule has 2 aromatic rings. The van der Waals surface area contributed by atoms with Crippen LogP contribution in [0.4, 0.5) is 0 Å². The molecule has 0 amide bonds. The highest BCUT2D eigenvalue weighted by molar-refractivity contribution is 6.99. The van der Waals surface area contributed by atoms with E-state index in [4.69, 9.17) is 15.6 Å². The van der Waals surface area contributed by atoms with E-state index in [0.717, 1.165) is 0 Å². The molecule has 142 valence electrons. The molecule has 1 N–H and O–H groups in total. The van der Waals surface area contributed by atoms with Crippen LogP contribution in [0.5, 0.6) is 0 Å². The third-order valence-electron chi connectivity index (χ3n) is 5.17. The summed E-state index contributed by atoms with van der Waals surface area (Å²) in [5.74, 6) is 2.78. The van der Waals surface area contributed by atoms with Gasteiger partial charge in [-0.3, -0.25) is 0 Å². The summed E-state index contributed by atoms with van der Waals surface area (Å²) in [6.07, 6.45) is 5.05. The van der Waals surface area contributed by atoms with Crippen LogP contribution in [-0.2, 0) is 9.16 Å². The minimum absolute atomic E-state index is 0.108. The molecular weight excluding hydrogens is 352 g/mol. The van der Waals surface area contributed by atoms with E-state index < -0.39 is 20.5 Å². The molecule has 0 bridgehead atoms. The SMILES string of the molecule is C#C[C@@H](C[C@H](O)C1CO1)O[Si](c1ccccc1)(c1ccccc1)C(C)(C)C. The number of benzene rings is 2. The van der Waals surface area contributed by atoms with Gasteiger partial charge in [0.2, 0.25) is 0 Å². The molecular formula is C23H28O3Si. The van der Waals surface area contributed by atoms with Gasteiger partial charge in [0.25, 0.3) is 8.32 Å². The molecule has 1 unspecified atom stereocenters. The van der Waals surface area contributed by atoms with E-state index in [1.807, 2.05) is 36.4 Å². The highest BCUT2D eigenvalue weighted by atomic mass is 28.4. The van der Waals surface area contributed by atoms with Gasteiger partial charge < -0.3 is 14.3 Å². The van der Waals surface area contributed by atoms with Gasteiger partial charge in [-0.2, -0.15) is 0 Å². The van der Waals surface area contributed by atoms with Crippen molar-refractivity contribution in [1.82, 2.24) is 0 Å². The maximum absolute atomic E-state index is 10.3. The Labute approximate surface area is 163 Å². The molecule has 0 spiro atoms. The number of aliphatic hydroxyl groups is 1. The van der Waals surface area contributed by atoms with Crippen molar-refractivity contribution < 1.29 is 14.3 Å². The van der Waals surface area contributed by atoms with Gasteiger partial charge in [-0.15, -0.1) is 6.42 Å². The highest BCUT2D eigenvalue weighted by Crippen LogP contribution is 2.38. The second-order valence-electron chi connectivity index (χ2n) is 8.11. The number of terminal acetylenes is 1. The lowest BCUT2D eigenvalue weighted by molar-refractivity contribution is 0.0888. The van der Waals surface area contributed by atoms with Crippen LogP contribution in [0.2, 0.25) is 5.04 Å². The van der Waals surface area contributed by atoms with Crippen molar-refractivity contribution >= 4 is 18.7 Å². The number of hydrogen-bond acceptors (Lipinski definition) is 3. The average Bonchev–Trinajstić information content (AvgIpc) is 3.50. The van der Waals surface area contributed by atoms with Gasteiger partial charge in [0.05, 0.1) is 12.7 Å². The molecule has 1 fully saturated rings. The largest absolute Gasteiger partial charge is 0.394 e. The van der Waals surface area contributed by atoms with Crippen molar-refractivity contribution in [3.8, 4) is 12.3 Å². The molecule has 0 radical (unpaired) electrons. The van der Waals surface area contributed by atoms with Gasteiger partial charge in [0.15, 0.2) is 0 Å². The van der Waals surface area contributed by atoms with Crippen LogP contribution in [0.1, 0.15) is 27.2 Å². The average molecular weight is 381 g/mol. The molecule has 27 heavy (non-hydrogen) atoms. The van der Waals surface area contributed by atoms with Crippen LogP contribution < -0.4 is 10.4 Å². The van der Waals surface area contributed by atoms with Crippen LogP contribution in [-0.4, -0.2) is 38.3 Å². The standard InChI is InChI=1S/C23H28O3Si/c1-5-18(16-21(24)22-17-25-22)26-27(23(2,3)4,19-12-8-6-9-13-19)20-14-10-7-11-15-20/h1,6-15,18,21-22,24H,16-17H2,2-4H3/t18-,21-,22?/m0/s1. The second kappa shape index (κ2) is 8.00. The minimum atomic E-state index is -2.71. The summed E-state index contributed by atoms with van der Waals surface area (Å²) in [7, 11) is -2.71. The van der Waals surface area contributed by atoms with E-state index in [1.165, 1.54) is 10.4 Å². The van der Waals surface area contributed by atoms with Crippen LogP contribution in [0, 0.1) is 12.3 Å². The van der Waals surface area contributed by atoms with Crippen molar-refractivity contribution in [1.29, 1.82) is 0 Å². The number of epoxide rings is 1. The summed E-state index contributed by atoms with van der Waals surface area (Å²) in [5, 5.41) is 12.6. The Hall–Kier alpha value is -1.90. The van der Waals surface area contributed by atoms with Crippen molar-refractivity contribution in [3.05, 3.63) is 60.7 Å². The zero-order chi connectivity index (χ0) is 19.5. The van der Waals surface area contributed by atoms with Crippen molar-refractivity contribution in [2.75, 3.05) is 6.61 Å². The van der Waals surface area contributed by atoms with Gasteiger partial charge in [0.1, 0.15) is 12.2 Å². The first-order valence-corrected chi connectivity index (χ1v) is 11.3. The smallest absolute Gasteiger partial charge is 0.262 e. The van der Waals surface area contributed by atoms with Crippen molar-refractivity contribution in [2.24, 2.45) is 0 Å². The Kier molecular flexibility index (Phi) is 5.88. The monoisotopic (exact) mass is 380 g/mol. The molecule has 0 aliphatic carbocycles. The third kappa shape index (κ3) is 4.17. The fourth-order valence-corrected chi connectivity index (χ4v) is 8.31. The summed E-state index contributed by atoms with van der Waals surface area (Å²) in [6, 6.07) is 20.8. The fourth-order valence-electron chi connectivity index (χ4n) is 3.70. The Bertz CT molecular complexity index is 733. The van der Waals surface area contributed by atoms with E-state index >= 15 is 0 Å². The van der Waals surface area contributed by atoms with Gasteiger partial charge >= 0.3 is 0 Å². The van der Waals surface area contributed by atoms with Crippen molar-refractivity contribution in [2.45, 2.75) is 50.5 Å². The number of rotatable bonds is 7. The summed E-state index contributed by atoms with van der Waals surface area (Å²) >= 11 is 0. The van der Waals surface area contributed by atoms with Crippen LogP contribution in [0.3, 0.4) is 0 Å². The van der Waals surface area contributed by atoms with E-state index in [-0.39, 0.29) is 11.1 Å². The van der Waals surface area contributed by atoms with E-state index in [1.54, 1.807) is 0 Å². The Balaban J connectivity index is 2.07. The molecule has 4 heteroatoms. The lowest BCUT2D eigenvalue weighted by Crippen LogP contribution is -2.67. The Morgan fingerprint density at radius 1 is 1.11 bits per heavy atom. The quantitative estimate of drug-likeness (QED) is 0.456. The van der Waals surface area contributed by atoms with E-state index in [9.17, 15) is 5.11 Å². The van der Waals surface area contributed by atoms with Gasteiger partial charge in [0, 0.05) is 6.42 Å². The van der Waals surface area contributed by atoms with E-state index in [0.29, 0.717) is 13.0 Å². The molecule has 1 saturated heterocycles. The lowest BCUT2D eigenvalue weighted by Gasteiger charge is -2.44. The van der Waals surface area contributed by atoms with Crippen LogP contribution in [0.25, 0.3) is 0 Å². The molecule has 0 saturated carbocycles. The minimum Gasteiger partial charge on any atom is -0.394 e. The number of ether oxygens (including phenoxy) is 1. The van der Waals surface area contributed by atoms with Gasteiger partial charge in [-0.25, -0.2) is 0 Å².